The van der Waals surface area contributed by atoms with Crippen molar-refractivity contribution in [2.24, 2.45) is 0 Å². The molecule has 0 aliphatic carbocycles. The van der Waals surface area contributed by atoms with Gasteiger partial charge in [0.15, 0.2) is 0 Å². The Morgan fingerprint density at radius 2 is 2.08 bits per heavy atom. The van der Waals surface area contributed by atoms with Crippen LogP contribution in [0.1, 0.15) is 20.3 Å². The quantitative estimate of drug-likeness (QED) is 0.448. The summed E-state index contributed by atoms with van der Waals surface area (Å²) in [6.07, 6.45) is 3.05. The SMILES string of the molecule is C/C=C(/CC)[N-]CCOC.[Br-].[Mg+2]. The number of nitrogens with zero attached hydrogens (tertiary/aromatic N) is 1. The van der Waals surface area contributed by atoms with Gasteiger partial charge in [0, 0.05) is 13.7 Å². The second kappa shape index (κ2) is 14.3. The summed E-state index contributed by atoms with van der Waals surface area (Å²) >= 11 is 0. The molecule has 0 radical (unpaired) electrons. The van der Waals surface area contributed by atoms with Crippen LogP contribution in [0.3, 0.4) is 0 Å². The Morgan fingerprint density at radius 1 is 1.50 bits per heavy atom. The van der Waals surface area contributed by atoms with E-state index in [0.717, 1.165) is 25.3 Å². The summed E-state index contributed by atoms with van der Waals surface area (Å²) in [7, 11) is 1.69. The fourth-order valence-corrected chi connectivity index (χ4v) is 0.688. The van der Waals surface area contributed by atoms with E-state index in [9.17, 15) is 0 Å². The number of ether oxygens (including phenoxy) is 1. The Bertz CT molecular complexity index is 109. The van der Waals surface area contributed by atoms with Gasteiger partial charge in [-0.15, -0.1) is 12.6 Å². The number of rotatable bonds is 5. The minimum atomic E-state index is 0. The third kappa shape index (κ3) is 10.7. The van der Waals surface area contributed by atoms with Crippen molar-refractivity contribution in [2.75, 3.05) is 20.3 Å². The van der Waals surface area contributed by atoms with Crippen molar-refractivity contribution in [1.29, 1.82) is 0 Å². The summed E-state index contributed by atoms with van der Waals surface area (Å²) < 4.78 is 4.86. The van der Waals surface area contributed by atoms with Gasteiger partial charge < -0.3 is 27.0 Å². The topological polar surface area (TPSA) is 23.3 Å². The van der Waals surface area contributed by atoms with Gasteiger partial charge in [0.2, 0.25) is 0 Å². The summed E-state index contributed by atoms with van der Waals surface area (Å²) in [5.41, 5.74) is 1.16. The van der Waals surface area contributed by atoms with Crippen molar-refractivity contribution in [3.8, 4) is 0 Å². The van der Waals surface area contributed by atoms with E-state index < -0.39 is 0 Å². The van der Waals surface area contributed by atoms with Crippen LogP contribution in [0.5, 0.6) is 0 Å². The predicted molar refractivity (Wildman–Crippen MR) is 49.9 cm³/mol. The van der Waals surface area contributed by atoms with Crippen LogP contribution in [0, 0.1) is 0 Å². The van der Waals surface area contributed by atoms with E-state index in [0.29, 0.717) is 0 Å². The first kappa shape index (κ1) is 18.5. The molecule has 0 amide bonds. The molecule has 0 saturated heterocycles. The molecule has 0 aromatic carbocycles. The van der Waals surface area contributed by atoms with Crippen LogP contribution < -0.4 is 17.0 Å². The average molecular weight is 246 g/mol. The fraction of sp³-hybridized carbons (Fsp3) is 0.750. The smallest absolute Gasteiger partial charge is 1.00 e. The third-order valence-corrected chi connectivity index (χ3v) is 1.31. The molecule has 0 bridgehead atoms. The minimum Gasteiger partial charge on any atom is -1.00 e. The van der Waals surface area contributed by atoms with Crippen molar-refractivity contribution in [1.82, 2.24) is 0 Å². The first-order valence-corrected chi connectivity index (χ1v) is 3.66. The summed E-state index contributed by atoms with van der Waals surface area (Å²) in [5.74, 6) is 0. The van der Waals surface area contributed by atoms with Crippen LogP contribution in [0.15, 0.2) is 11.8 Å². The number of hydrogen-bond donors (Lipinski definition) is 0. The average Bonchev–Trinajstić information content (AvgIpc) is 1.99. The molecule has 0 aliphatic rings. The maximum absolute atomic E-state index is 4.86. The first-order chi connectivity index (χ1) is 4.85. The number of methoxy groups -OCH3 is 1. The summed E-state index contributed by atoms with van der Waals surface area (Å²) in [5, 5.41) is 4.29. The monoisotopic (exact) mass is 245 g/mol. The summed E-state index contributed by atoms with van der Waals surface area (Å²) in [6.45, 7) is 5.61. The molecule has 0 spiro atoms. The molecular weight excluding hydrogens is 230 g/mol. The molecule has 4 heteroatoms. The molecule has 12 heavy (non-hydrogen) atoms. The zero-order valence-corrected chi connectivity index (χ0v) is 11.1. The first-order valence-electron chi connectivity index (χ1n) is 3.66. The van der Waals surface area contributed by atoms with Gasteiger partial charge in [0.25, 0.3) is 0 Å². The van der Waals surface area contributed by atoms with E-state index in [-0.39, 0.29) is 40.0 Å². The van der Waals surface area contributed by atoms with Gasteiger partial charge in [-0.25, -0.2) is 0 Å². The Morgan fingerprint density at radius 3 is 2.42 bits per heavy atom. The van der Waals surface area contributed by atoms with E-state index >= 15 is 0 Å². The van der Waals surface area contributed by atoms with Gasteiger partial charge in [-0.05, 0) is 6.92 Å². The van der Waals surface area contributed by atoms with Gasteiger partial charge in [-0.1, -0.05) is 13.3 Å². The standard InChI is InChI=1S/C8H16NO.BrH.Mg/c1-4-8(5-2)9-6-7-10-3;;/h4H,5-7H2,1-3H3;1H;/q-1;;+2/p-1/b8-4-;;. The molecule has 0 heterocycles. The van der Waals surface area contributed by atoms with Crippen molar-refractivity contribution < 1.29 is 21.7 Å². The minimum absolute atomic E-state index is 0. The third-order valence-electron chi connectivity index (χ3n) is 1.31. The van der Waals surface area contributed by atoms with Crippen LogP contribution in [-0.4, -0.2) is 43.3 Å². The molecule has 0 aromatic heterocycles. The number of hydrogen-bond acceptors (Lipinski definition) is 1. The number of halogens is 1. The molecule has 0 fully saturated rings. The number of allylic oxidation sites excluding steroid dienone is 2. The summed E-state index contributed by atoms with van der Waals surface area (Å²) in [4.78, 5) is 0. The van der Waals surface area contributed by atoms with Crippen molar-refractivity contribution in [2.45, 2.75) is 20.3 Å². The van der Waals surface area contributed by atoms with Gasteiger partial charge in [-0.2, -0.15) is 5.70 Å². The largest absolute Gasteiger partial charge is 2.00 e. The Hall–Kier alpha value is 0.746. The van der Waals surface area contributed by atoms with E-state index in [1.165, 1.54) is 0 Å². The van der Waals surface area contributed by atoms with Gasteiger partial charge in [0.1, 0.15) is 0 Å². The zero-order chi connectivity index (χ0) is 7.82. The Balaban J connectivity index is -0.000000405. The second-order valence-electron chi connectivity index (χ2n) is 2.01. The van der Waals surface area contributed by atoms with Crippen LogP contribution >= 0.6 is 0 Å². The summed E-state index contributed by atoms with van der Waals surface area (Å²) in [6, 6.07) is 0. The maximum Gasteiger partial charge on any atom is 2.00 e. The molecule has 0 N–H and O–H groups in total. The molecule has 0 atom stereocenters. The fourth-order valence-electron chi connectivity index (χ4n) is 0.688. The van der Waals surface area contributed by atoms with Crippen LogP contribution in [0.2, 0.25) is 0 Å². The normalized spacial score (nSPS) is 9.75. The molecule has 0 unspecified atom stereocenters. The second-order valence-corrected chi connectivity index (χ2v) is 2.01. The Labute approximate surface area is 102 Å². The molecule has 0 aliphatic heterocycles. The maximum atomic E-state index is 4.86. The van der Waals surface area contributed by atoms with E-state index in [4.69, 9.17) is 4.74 Å². The molecule has 68 valence electrons. The van der Waals surface area contributed by atoms with E-state index in [2.05, 4.69) is 12.2 Å². The van der Waals surface area contributed by atoms with E-state index in [1.807, 2.05) is 13.0 Å². The van der Waals surface area contributed by atoms with Gasteiger partial charge in [-0.3, -0.25) is 0 Å². The van der Waals surface area contributed by atoms with E-state index in [1.54, 1.807) is 7.11 Å². The molecule has 0 aromatic rings. The Kier molecular flexibility index (Phi) is 22.0. The molecule has 2 nitrogen and oxygen atoms in total. The predicted octanol–water partition coefficient (Wildman–Crippen LogP) is -1.06. The molecule has 0 saturated carbocycles. The van der Waals surface area contributed by atoms with Gasteiger partial charge in [0.05, 0.1) is 0 Å². The van der Waals surface area contributed by atoms with Crippen LogP contribution in [0.4, 0.5) is 0 Å². The van der Waals surface area contributed by atoms with Crippen LogP contribution in [0.25, 0.3) is 5.32 Å². The van der Waals surface area contributed by atoms with Gasteiger partial charge >= 0.3 is 23.1 Å². The zero-order valence-electron chi connectivity index (χ0n) is 8.14. The van der Waals surface area contributed by atoms with Crippen LogP contribution in [-0.2, 0) is 4.74 Å². The van der Waals surface area contributed by atoms with Crippen molar-refractivity contribution in [3.63, 3.8) is 0 Å². The van der Waals surface area contributed by atoms with Crippen molar-refractivity contribution >= 4 is 23.1 Å². The van der Waals surface area contributed by atoms with Crippen molar-refractivity contribution in [3.05, 3.63) is 17.1 Å². The molecular formula is C8H16BrMgNO. The molecule has 0 rings (SSSR count).